The smallest absolute Gasteiger partial charge is 0.226 e. The summed E-state index contributed by atoms with van der Waals surface area (Å²) < 4.78 is 18.7. The van der Waals surface area contributed by atoms with E-state index in [1.54, 1.807) is 12.1 Å². The highest BCUT2D eigenvalue weighted by Gasteiger charge is 2.12. The van der Waals surface area contributed by atoms with Crippen LogP contribution in [0.2, 0.25) is 5.02 Å². The Kier molecular flexibility index (Phi) is 4.87. The number of rotatable bonds is 6. The van der Waals surface area contributed by atoms with Gasteiger partial charge in [-0.05, 0) is 32.1 Å². The fourth-order valence-electron chi connectivity index (χ4n) is 1.74. The molecule has 1 N–H and O–H groups in total. The summed E-state index contributed by atoms with van der Waals surface area (Å²) in [6.07, 6.45) is 1.86. The van der Waals surface area contributed by atoms with Crippen LogP contribution in [0.5, 0.6) is 0 Å². The minimum absolute atomic E-state index is 0.237. The predicted octanol–water partition coefficient (Wildman–Crippen LogP) is 2.60. The van der Waals surface area contributed by atoms with Gasteiger partial charge in [0, 0.05) is 23.4 Å². The molecule has 2 rings (SSSR count). The van der Waals surface area contributed by atoms with E-state index in [9.17, 15) is 4.39 Å². The molecule has 0 saturated heterocycles. The molecule has 0 amide bonds. The molecule has 1 aromatic carbocycles. The Bertz CT molecular complexity index is 524. The van der Waals surface area contributed by atoms with Gasteiger partial charge in [-0.15, -0.1) is 0 Å². The van der Waals surface area contributed by atoms with Crippen LogP contribution in [-0.2, 0) is 12.8 Å². The lowest BCUT2D eigenvalue weighted by molar-refractivity contribution is 0.370. The zero-order chi connectivity index (χ0) is 13.7. The Balaban J connectivity index is 2.03. The van der Waals surface area contributed by atoms with Crippen LogP contribution in [0.4, 0.5) is 4.39 Å². The van der Waals surface area contributed by atoms with Crippen molar-refractivity contribution >= 4 is 11.6 Å². The SMILES string of the molecule is CNCCCc1nc(Cc2c(F)cccc2Cl)no1. The largest absolute Gasteiger partial charge is 0.339 e. The van der Waals surface area contributed by atoms with Gasteiger partial charge in [0.25, 0.3) is 0 Å². The number of halogens is 2. The first kappa shape index (κ1) is 14.0. The maximum absolute atomic E-state index is 13.6. The van der Waals surface area contributed by atoms with Gasteiger partial charge in [0.2, 0.25) is 5.89 Å². The van der Waals surface area contributed by atoms with E-state index in [1.165, 1.54) is 6.07 Å². The van der Waals surface area contributed by atoms with Crippen molar-refractivity contribution in [2.75, 3.05) is 13.6 Å². The van der Waals surface area contributed by atoms with Crippen LogP contribution in [0.1, 0.15) is 23.7 Å². The molecule has 1 heterocycles. The lowest BCUT2D eigenvalue weighted by atomic mass is 10.1. The first-order chi connectivity index (χ1) is 9.20. The first-order valence-electron chi connectivity index (χ1n) is 6.09. The van der Waals surface area contributed by atoms with Crippen LogP contribution < -0.4 is 5.32 Å². The van der Waals surface area contributed by atoms with Gasteiger partial charge in [0.05, 0.1) is 0 Å². The fraction of sp³-hybridized carbons (Fsp3) is 0.385. The van der Waals surface area contributed by atoms with Crippen molar-refractivity contribution in [1.82, 2.24) is 15.5 Å². The van der Waals surface area contributed by atoms with E-state index in [-0.39, 0.29) is 12.2 Å². The number of nitrogens with zero attached hydrogens (tertiary/aromatic N) is 2. The number of nitrogens with one attached hydrogen (secondary N) is 1. The molecule has 19 heavy (non-hydrogen) atoms. The number of hydrogen-bond acceptors (Lipinski definition) is 4. The molecule has 0 aliphatic rings. The van der Waals surface area contributed by atoms with Crippen LogP contribution in [0.25, 0.3) is 0 Å². The van der Waals surface area contributed by atoms with Crippen molar-refractivity contribution in [3.63, 3.8) is 0 Å². The van der Waals surface area contributed by atoms with Crippen LogP contribution >= 0.6 is 11.6 Å². The standard InChI is InChI=1S/C13H15ClFN3O/c1-16-7-3-6-13-17-12(18-19-13)8-9-10(14)4-2-5-11(9)15/h2,4-5,16H,3,6-8H2,1H3. The Morgan fingerprint density at radius 2 is 2.26 bits per heavy atom. The van der Waals surface area contributed by atoms with Gasteiger partial charge in [-0.25, -0.2) is 4.39 Å². The van der Waals surface area contributed by atoms with Crippen molar-refractivity contribution in [3.8, 4) is 0 Å². The Morgan fingerprint density at radius 3 is 3.00 bits per heavy atom. The molecule has 0 bridgehead atoms. The molecule has 102 valence electrons. The second-order valence-corrected chi connectivity index (χ2v) is 4.60. The topological polar surface area (TPSA) is 51.0 Å². The summed E-state index contributed by atoms with van der Waals surface area (Å²) in [7, 11) is 1.89. The van der Waals surface area contributed by atoms with E-state index in [2.05, 4.69) is 15.5 Å². The highest BCUT2D eigenvalue weighted by Crippen LogP contribution is 2.21. The third-order valence-corrected chi connectivity index (χ3v) is 3.08. The van der Waals surface area contributed by atoms with E-state index in [1.807, 2.05) is 7.05 Å². The molecule has 4 nitrogen and oxygen atoms in total. The average Bonchev–Trinajstić information content (AvgIpc) is 2.82. The molecule has 0 spiro atoms. The minimum atomic E-state index is -0.353. The van der Waals surface area contributed by atoms with Crippen molar-refractivity contribution in [2.45, 2.75) is 19.3 Å². The molecule has 0 atom stereocenters. The highest BCUT2D eigenvalue weighted by molar-refractivity contribution is 6.31. The molecule has 0 fully saturated rings. The lowest BCUT2D eigenvalue weighted by Crippen LogP contribution is -2.08. The molecule has 6 heteroatoms. The van der Waals surface area contributed by atoms with Gasteiger partial charge in [0.15, 0.2) is 5.82 Å². The molecule has 2 aromatic rings. The molecule has 1 aromatic heterocycles. The van der Waals surface area contributed by atoms with E-state index in [0.29, 0.717) is 28.7 Å². The highest BCUT2D eigenvalue weighted by atomic mass is 35.5. The van der Waals surface area contributed by atoms with E-state index in [4.69, 9.17) is 16.1 Å². The summed E-state index contributed by atoms with van der Waals surface area (Å²) in [4.78, 5) is 4.23. The van der Waals surface area contributed by atoms with Crippen LogP contribution in [0.3, 0.4) is 0 Å². The van der Waals surface area contributed by atoms with E-state index < -0.39 is 0 Å². The summed E-state index contributed by atoms with van der Waals surface area (Å²) in [6, 6.07) is 4.59. The average molecular weight is 284 g/mol. The van der Waals surface area contributed by atoms with Crippen molar-refractivity contribution in [3.05, 3.63) is 46.3 Å². The predicted molar refractivity (Wildman–Crippen MR) is 70.8 cm³/mol. The first-order valence-corrected chi connectivity index (χ1v) is 6.47. The maximum atomic E-state index is 13.6. The summed E-state index contributed by atoms with van der Waals surface area (Å²) >= 11 is 5.95. The van der Waals surface area contributed by atoms with Crippen LogP contribution in [0, 0.1) is 5.82 Å². The zero-order valence-corrected chi connectivity index (χ0v) is 11.4. The molecule has 0 radical (unpaired) electrons. The maximum Gasteiger partial charge on any atom is 0.226 e. The van der Waals surface area contributed by atoms with Crippen molar-refractivity contribution in [2.24, 2.45) is 0 Å². The van der Waals surface area contributed by atoms with Gasteiger partial charge in [-0.2, -0.15) is 4.98 Å². The van der Waals surface area contributed by atoms with Gasteiger partial charge in [0.1, 0.15) is 5.82 Å². The van der Waals surface area contributed by atoms with Gasteiger partial charge in [-0.1, -0.05) is 22.8 Å². The minimum Gasteiger partial charge on any atom is -0.339 e. The second kappa shape index (κ2) is 6.63. The summed E-state index contributed by atoms with van der Waals surface area (Å²) in [5.74, 6) is 0.665. The summed E-state index contributed by atoms with van der Waals surface area (Å²) in [5.41, 5.74) is 0.395. The molecule has 0 unspecified atom stereocenters. The Labute approximate surface area is 116 Å². The molecular formula is C13H15ClFN3O. The number of benzene rings is 1. The molecular weight excluding hydrogens is 269 g/mol. The van der Waals surface area contributed by atoms with Gasteiger partial charge in [-0.3, -0.25) is 0 Å². The van der Waals surface area contributed by atoms with Crippen molar-refractivity contribution in [1.29, 1.82) is 0 Å². The van der Waals surface area contributed by atoms with Gasteiger partial charge < -0.3 is 9.84 Å². The van der Waals surface area contributed by atoms with E-state index in [0.717, 1.165) is 13.0 Å². The van der Waals surface area contributed by atoms with E-state index >= 15 is 0 Å². The Hall–Kier alpha value is -1.46. The summed E-state index contributed by atoms with van der Waals surface area (Å²) in [6.45, 7) is 0.886. The van der Waals surface area contributed by atoms with Gasteiger partial charge >= 0.3 is 0 Å². The number of hydrogen-bond donors (Lipinski definition) is 1. The number of aromatic nitrogens is 2. The molecule has 0 aliphatic heterocycles. The third-order valence-electron chi connectivity index (χ3n) is 2.72. The quantitative estimate of drug-likeness (QED) is 0.828. The normalized spacial score (nSPS) is 10.9. The summed E-state index contributed by atoms with van der Waals surface area (Å²) in [5, 5.41) is 7.26. The fourth-order valence-corrected chi connectivity index (χ4v) is 1.97. The second-order valence-electron chi connectivity index (χ2n) is 4.19. The lowest BCUT2D eigenvalue weighted by Gasteiger charge is -2.01. The number of aryl methyl sites for hydroxylation is 1. The van der Waals surface area contributed by atoms with Crippen LogP contribution in [-0.4, -0.2) is 23.7 Å². The third kappa shape index (κ3) is 3.75. The van der Waals surface area contributed by atoms with Crippen molar-refractivity contribution < 1.29 is 8.91 Å². The zero-order valence-electron chi connectivity index (χ0n) is 10.6. The molecule has 0 saturated carbocycles. The van der Waals surface area contributed by atoms with Crippen LogP contribution in [0.15, 0.2) is 22.7 Å². The molecule has 0 aliphatic carbocycles. The monoisotopic (exact) mass is 283 g/mol. The Morgan fingerprint density at radius 1 is 1.42 bits per heavy atom.